The van der Waals surface area contributed by atoms with Gasteiger partial charge >= 0.3 is 17.9 Å². The standard InChI is InChI=1S/C27H40O8S/c1-16-18(33-22(28)25(2,3)4)19(34-23(29)26(5,6)7)20(35-24(30)27(8,9)10)21(32-16)36(31)17-14-12-11-13-15-17/h11-16,18-21H,1-10H3/t16-,18+,19+,20-,21?,36?/m1/s1. The van der Waals surface area contributed by atoms with Gasteiger partial charge in [-0.15, -0.1) is 0 Å². The minimum absolute atomic E-state index is 0.456. The molecule has 0 N–H and O–H groups in total. The van der Waals surface area contributed by atoms with E-state index in [1.165, 1.54) is 0 Å². The molecule has 6 atom stereocenters. The van der Waals surface area contributed by atoms with Gasteiger partial charge in [0.2, 0.25) is 0 Å². The Labute approximate surface area is 216 Å². The summed E-state index contributed by atoms with van der Waals surface area (Å²) in [7, 11) is -1.80. The molecule has 0 amide bonds. The summed E-state index contributed by atoms with van der Waals surface area (Å²) in [5.74, 6) is -1.72. The van der Waals surface area contributed by atoms with Crippen LogP contribution in [0.4, 0.5) is 0 Å². The third-order valence-electron chi connectivity index (χ3n) is 5.48. The highest BCUT2D eigenvalue weighted by Crippen LogP contribution is 2.35. The molecule has 0 bridgehead atoms. The van der Waals surface area contributed by atoms with Gasteiger partial charge < -0.3 is 18.9 Å². The topological polar surface area (TPSA) is 105 Å². The van der Waals surface area contributed by atoms with Crippen LogP contribution in [-0.4, -0.2) is 52.0 Å². The van der Waals surface area contributed by atoms with Gasteiger partial charge in [-0.2, -0.15) is 0 Å². The van der Waals surface area contributed by atoms with Crippen molar-refractivity contribution >= 4 is 28.7 Å². The van der Waals surface area contributed by atoms with Crippen LogP contribution in [0.3, 0.4) is 0 Å². The number of esters is 3. The van der Waals surface area contributed by atoms with Crippen molar-refractivity contribution in [1.82, 2.24) is 0 Å². The summed E-state index contributed by atoms with van der Waals surface area (Å²) in [6, 6.07) is 8.61. The number of ether oxygens (including phenoxy) is 4. The van der Waals surface area contributed by atoms with Crippen LogP contribution in [0.15, 0.2) is 35.2 Å². The highest BCUT2D eigenvalue weighted by molar-refractivity contribution is 7.85. The van der Waals surface area contributed by atoms with E-state index in [1.807, 2.05) is 0 Å². The zero-order valence-electron chi connectivity index (χ0n) is 22.9. The van der Waals surface area contributed by atoms with Crippen molar-refractivity contribution in [3.63, 3.8) is 0 Å². The van der Waals surface area contributed by atoms with E-state index in [0.717, 1.165) is 0 Å². The number of rotatable bonds is 5. The van der Waals surface area contributed by atoms with Crippen molar-refractivity contribution in [2.75, 3.05) is 0 Å². The highest BCUT2D eigenvalue weighted by Gasteiger charge is 2.54. The first-order valence-corrected chi connectivity index (χ1v) is 13.3. The third kappa shape index (κ3) is 7.38. The quantitative estimate of drug-likeness (QED) is 0.412. The summed E-state index contributed by atoms with van der Waals surface area (Å²) >= 11 is 0. The molecule has 0 aromatic heterocycles. The van der Waals surface area contributed by atoms with Crippen LogP contribution in [0.5, 0.6) is 0 Å². The van der Waals surface area contributed by atoms with Crippen LogP contribution >= 0.6 is 0 Å². The van der Waals surface area contributed by atoms with Gasteiger partial charge in [-0.25, -0.2) is 0 Å². The lowest BCUT2D eigenvalue weighted by Crippen LogP contribution is -2.62. The van der Waals surface area contributed by atoms with Gasteiger partial charge in [0.25, 0.3) is 0 Å². The number of hydrogen-bond donors (Lipinski definition) is 0. The summed E-state index contributed by atoms with van der Waals surface area (Å²) in [6.07, 6.45) is -4.44. The molecular formula is C27H40O8S. The molecule has 0 aliphatic carbocycles. The van der Waals surface area contributed by atoms with E-state index in [0.29, 0.717) is 4.90 Å². The van der Waals surface area contributed by atoms with Crippen molar-refractivity contribution < 1.29 is 37.5 Å². The smallest absolute Gasteiger partial charge is 0.311 e. The van der Waals surface area contributed by atoms with Gasteiger partial charge in [0.05, 0.1) is 33.1 Å². The van der Waals surface area contributed by atoms with Gasteiger partial charge in [0.15, 0.2) is 23.7 Å². The van der Waals surface area contributed by atoms with Crippen LogP contribution in [0.1, 0.15) is 69.2 Å². The molecule has 1 heterocycles. The monoisotopic (exact) mass is 524 g/mol. The van der Waals surface area contributed by atoms with Gasteiger partial charge in [0.1, 0.15) is 0 Å². The van der Waals surface area contributed by atoms with Gasteiger partial charge in [-0.3, -0.25) is 18.6 Å². The molecule has 1 aromatic rings. The van der Waals surface area contributed by atoms with E-state index in [4.69, 9.17) is 18.9 Å². The fourth-order valence-electron chi connectivity index (χ4n) is 3.16. The SMILES string of the molecule is C[C@H]1OC(S(=O)c2ccccc2)[C@H](OC(=O)C(C)(C)C)[C@@H](OC(=O)C(C)(C)C)[C@H]1OC(=O)C(C)(C)C. The normalized spacial score (nSPS) is 26.0. The van der Waals surface area contributed by atoms with Crippen molar-refractivity contribution in [3.05, 3.63) is 30.3 Å². The molecule has 0 radical (unpaired) electrons. The molecular weight excluding hydrogens is 484 g/mol. The molecule has 1 saturated heterocycles. The maximum absolute atomic E-state index is 13.6. The average Bonchev–Trinajstić information content (AvgIpc) is 2.75. The van der Waals surface area contributed by atoms with Crippen LogP contribution < -0.4 is 0 Å². The summed E-state index contributed by atoms with van der Waals surface area (Å²) in [5.41, 5.74) is -3.82. The van der Waals surface area contributed by atoms with Gasteiger partial charge in [0, 0.05) is 4.90 Å². The number of carbonyl (C=O) groups is 3. The summed E-state index contributed by atoms with van der Waals surface area (Å²) in [4.78, 5) is 39.3. The predicted octanol–water partition coefficient (Wildman–Crippen LogP) is 4.41. The Morgan fingerprint density at radius 2 is 1.08 bits per heavy atom. The minimum Gasteiger partial charge on any atom is -0.455 e. The van der Waals surface area contributed by atoms with E-state index < -0.39 is 74.8 Å². The largest absolute Gasteiger partial charge is 0.455 e. The number of benzene rings is 1. The molecule has 36 heavy (non-hydrogen) atoms. The van der Waals surface area contributed by atoms with Crippen molar-refractivity contribution in [2.45, 2.75) is 104 Å². The Kier molecular flexibility index (Phi) is 9.16. The van der Waals surface area contributed by atoms with E-state index in [9.17, 15) is 18.6 Å². The Balaban J connectivity index is 2.61. The molecule has 1 aliphatic heterocycles. The second-order valence-corrected chi connectivity index (χ2v) is 13.7. The minimum atomic E-state index is -1.80. The molecule has 0 saturated carbocycles. The average molecular weight is 525 g/mol. The molecule has 2 unspecified atom stereocenters. The second kappa shape index (κ2) is 11.0. The Hall–Kier alpha value is -2.26. The van der Waals surface area contributed by atoms with Crippen molar-refractivity contribution in [2.24, 2.45) is 16.2 Å². The molecule has 8 nitrogen and oxygen atoms in total. The first kappa shape index (κ1) is 30.0. The predicted molar refractivity (Wildman–Crippen MR) is 135 cm³/mol. The highest BCUT2D eigenvalue weighted by atomic mass is 32.2. The van der Waals surface area contributed by atoms with Crippen molar-refractivity contribution in [1.29, 1.82) is 0 Å². The van der Waals surface area contributed by atoms with Crippen LogP contribution in [0.2, 0.25) is 0 Å². The lowest BCUT2D eigenvalue weighted by Gasteiger charge is -2.45. The lowest BCUT2D eigenvalue weighted by molar-refractivity contribution is -0.238. The Bertz CT molecular complexity index is 968. The number of hydrogen-bond acceptors (Lipinski definition) is 8. The Morgan fingerprint density at radius 1 is 0.694 bits per heavy atom. The lowest BCUT2D eigenvalue weighted by atomic mass is 9.94. The first-order valence-electron chi connectivity index (χ1n) is 12.1. The molecule has 1 aromatic carbocycles. The fourth-order valence-corrected chi connectivity index (χ4v) is 4.58. The zero-order chi connectivity index (χ0) is 27.6. The van der Waals surface area contributed by atoms with E-state index >= 15 is 0 Å². The summed E-state index contributed by atoms with van der Waals surface area (Å²) < 4.78 is 37.3. The zero-order valence-corrected chi connectivity index (χ0v) is 23.8. The summed E-state index contributed by atoms with van der Waals surface area (Å²) in [6.45, 7) is 16.8. The molecule has 1 fully saturated rings. The first-order chi connectivity index (χ1) is 16.3. The van der Waals surface area contributed by atoms with Crippen LogP contribution in [-0.2, 0) is 44.1 Å². The maximum atomic E-state index is 13.6. The molecule has 202 valence electrons. The maximum Gasteiger partial charge on any atom is 0.311 e. The van der Waals surface area contributed by atoms with Crippen LogP contribution in [0.25, 0.3) is 0 Å². The van der Waals surface area contributed by atoms with Gasteiger partial charge in [-0.05, 0) is 81.4 Å². The Morgan fingerprint density at radius 3 is 1.50 bits per heavy atom. The van der Waals surface area contributed by atoms with E-state index in [2.05, 4.69) is 0 Å². The third-order valence-corrected chi connectivity index (χ3v) is 7.02. The second-order valence-electron chi connectivity index (χ2n) is 12.2. The van der Waals surface area contributed by atoms with Crippen LogP contribution in [0, 0.1) is 16.2 Å². The van der Waals surface area contributed by atoms with E-state index in [1.54, 1.807) is 99.6 Å². The molecule has 9 heteroatoms. The summed E-state index contributed by atoms with van der Waals surface area (Å²) in [5, 5.41) is 0. The number of carbonyl (C=O) groups excluding carboxylic acids is 3. The van der Waals surface area contributed by atoms with Gasteiger partial charge in [-0.1, -0.05) is 18.2 Å². The molecule has 1 aliphatic rings. The fraction of sp³-hybridized carbons (Fsp3) is 0.667. The molecule has 2 rings (SSSR count). The van der Waals surface area contributed by atoms with Crippen molar-refractivity contribution in [3.8, 4) is 0 Å². The van der Waals surface area contributed by atoms with E-state index in [-0.39, 0.29) is 0 Å². The molecule has 0 spiro atoms.